The molecule has 0 aromatic carbocycles. The Morgan fingerprint density at radius 3 is 3.00 bits per heavy atom. The summed E-state index contributed by atoms with van der Waals surface area (Å²) >= 11 is 0. The Labute approximate surface area is 151 Å². The van der Waals surface area contributed by atoms with Crippen LogP contribution in [0.15, 0.2) is 49.2 Å². The molecule has 4 heterocycles. The normalized spacial score (nSPS) is 16.8. The largest absolute Gasteiger partial charge is 0.477 e. The number of ether oxygens (including phenoxy) is 1. The van der Waals surface area contributed by atoms with Crippen molar-refractivity contribution in [3.05, 3.63) is 60.6 Å². The van der Waals surface area contributed by atoms with Gasteiger partial charge in [0.2, 0.25) is 5.88 Å². The molecule has 26 heavy (non-hydrogen) atoms. The number of rotatable bonds is 4. The van der Waals surface area contributed by atoms with Crippen molar-refractivity contribution in [1.29, 1.82) is 0 Å². The van der Waals surface area contributed by atoms with Crippen molar-refractivity contribution in [2.45, 2.75) is 13.1 Å². The first-order valence-corrected chi connectivity index (χ1v) is 8.51. The molecule has 8 nitrogen and oxygen atoms in total. The first-order valence-electron chi connectivity index (χ1n) is 8.51. The van der Waals surface area contributed by atoms with E-state index < -0.39 is 0 Å². The fourth-order valence-electron chi connectivity index (χ4n) is 3.14. The summed E-state index contributed by atoms with van der Waals surface area (Å²) in [5.74, 6) is 0.633. The van der Waals surface area contributed by atoms with Gasteiger partial charge in [0.15, 0.2) is 0 Å². The van der Waals surface area contributed by atoms with Gasteiger partial charge in [0.05, 0.1) is 25.2 Å². The Kier molecular flexibility index (Phi) is 4.39. The third-order valence-corrected chi connectivity index (χ3v) is 4.41. The van der Waals surface area contributed by atoms with Crippen molar-refractivity contribution in [3.8, 4) is 5.88 Å². The van der Waals surface area contributed by atoms with Crippen LogP contribution in [0.2, 0.25) is 0 Å². The number of fused-ring (bicyclic) bond motifs is 1. The molecule has 1 aliphatic rings. The van der Waals surface area contributed by atoms with E-state index in [4.69, 9.17) is 4.74 Å². The first-order chi connectivity index (χ1) is 12.7. The minimum absolute atomic E-state index is 0.0805. The predicted octanol–water partition coefficient (Wildman–Crippen LogP) is 1.36. The summed E-state index contributed by atoms with van der Waals surface area (Å²) in [4.78, 5) is 23.1. The Bertz CT molecular complexity index is 888. The highest BCUT2D eigenvalue weighted by molar-refractivity contribution is 5.92. The summed E-state index contributed by atoms with van der Waals surface area (Å²) in [5, 5.41) is 4.24. The zero-order valence-electron chi connectivity index (χ0n) is 14.5. The van der Waals surface area contributed by atoms with Crippen LogP contribution in [0.4, 0.5) is 0 Å². The van der Waals surface area contributed by atoms with Crippen LogP contribution >= 0.6 is 0 Å². The molecule has 3 aromatic rings. The van der Waals surface area contributed by atoms with Gasteiger partial charge < -0.3 is 14.2 Å². The second-order valence-electron chi connectivity index (χ2n) is 6.44. The highest BCUT2D eigenvalue weighted by atomic mass is 16.5. The van der Waals surface area contributed by atoms with Crippen LogP contribution in [0.5, 0.6) is 5.88 Å². The molecule has 1 aliphatic heterocycles. The van der Waals surface area contributed by atoms with Crippen molar-refractivity contribution < 1.29 is 9.53 Å². The maximum absolute atomic E-state index is 12.9. The lowest BCUT2D eigenvalue weighted by Crippen LogP contribution is -2.36. The van der Waals surface area contributed by atoms with Crippen LogP contribution in [-0.4, -0.2) is 48.3 Å². The van der Waals surface area contributed by atoms with E-state index in [1.54, 1.807) is 42.7 Å². The summed E-state index contributed by atoms with van der Waals surface area (Å²) in [6.07, 6.45) is 7.09. The number of aryl methyl sites for hydroxylation is 1. The first kappa shape index (κ1) is 16.3. The van der Waals surface area contributed by atoms with Gasteiger partial charge in [0, 0.05) is 50.7 Å². The monoisotopic (exact) mass is 352 g/mol. The number of nitrogens with zero attached hydrogens (tertiary/aromatic N) is 6. The van der Waals surface area contributed by atoms with Crippen molar-refractivity contribution in [2.24, 2.45) is 13.0 Å². The average molecular weight is 352 g/mol. The maximum Gasteiger partial charge on any atom is 0.274 e. The lowest BCUT2D eigenvalue weighted by atomic mass is 10.1. The van der Waals surface area contributed by atoms with E-state index in [9.17, 15) is 4.79 Å². The average Bonchev–Trinajstić information content (AvgIpc) is 3.24. The number of amides is 1. The maximum atomic E-state index is 12.9. The van der Waals surface area contributed by atoms with Gasteiger partial charge >= 0.3 is 0 Å². The summed E-state index contributed by atoms with van der Waals surface area (Å²) < 4.78 is 9.55. The molecule has 1 unspecified atom stereocenters. The quantitative estimate of drug-likeness (QED) is 0.708. The molecule has 3 aromatic heterocycles. The zero-order chi connectivity index (χ0) is 17.9. The van der Waals surface area contributed by atoms with Gasteiger partial charge in [-0.05, 0) is 12.1 Å². The molecular formula is C18H20N6O2. The number of pyridine rings is 1. The molecule has 0 fully saturated rings. The van der Waals surface area contributed by atoms with Crippen molar-refractivity contribution >= 4 is 5.91 Å². The zero-order valence-corrected chi connectivity index (χ0v) is 14.5. The Morgan fingerprint density at radius 2 is 2.23 bits per heavy atom. The molecule has 0 radical (unpaired) electrons. The van der Waals surface area contributed by atoms with Gasteiger partial charge in [-0.3, -0.25) is 9.48 Å². The van der Waals surface area contributed by atoms with Crippen molar-refractivity contribution in [1.82, 2.24) is 29.2 Å². The Balaban J connectivity index is 1.52. The third-order valence-electron chi connectivity index (χ3n) is 4.41. The molecule has 4 rings (SSSR count). The molecule has 0 bridgehead atoms. The van der Waals surface area contributed by atoms with Gasteiger partial charge in [-0.15, -0.1) is 0 Å². The summed E-state index contributed by atoms with van der Waals surface area (Å²) in [5.41, 5.74) is 1.46. The molecule has 0 saturated carbocycles. The van der Waals surface area contributed by atoms with Crippen LogP contribution in [0.25, 0.3) is 0 Å². The Hall–Kier alpha value is -3.16. The van der Waals surface area contributed by atoms with Crippen LogP contribution in [-0.2, 0) is 20.1 Å². The topological polar surface area (TPSA) is 78.1 Å². The lowest BCUT2D eigenvalue weighted by Gasteiger charge is -2.23. The minimum Gasteiger partial charge on any atom is -0.477 e. The molecular weight excluding hydrogens is 332 g/mol. The van der Waals surface area contributed by atoms with E-state index in [1.807, 2.05) is 23.1 Å². The number of carbonyl (C=O) groups excluding carboxylic acids is 1. The van der Waals surface area contributed by atoms with Crippen LogP contribution in [0, 0.1) is 5.92 Å². The van der Waals surface area contributed by atoms with E-state index in [0.717, 1.165) is 12.2 Å². The molecule has 134 valence electrons. The third kappa shape index (κ3) is 3.44. The van der Waals surface area contributed by atoms with E-state index in [0.29, 0.717) is 31.3 Å². The van der Waals surface area contributed by atoms with E-state index >= 15 is 0 Å². The number of aromatic nitrogens is 5. The second-order valence-corrected chi connectivity index (χ2v) is 6.44. The summed E-state index contributed by atoms with van der Waals surface area (Å²) in [7, 11) is 1.80. The van der Waals surface area contributed by atoms with E-state index in [2.05, 4.69) is 19.6 Å². The number of imidazole rings is 1. The Morgan fingerprint density at radius 1 is 1.31 bits per heavy atom. The van der Waals surface area contributed by atoms with Gasteiger partial charge in [-0.1, -0.05) is 6.07 Å². The minimum atomic E-state index is -0.0805. The fraction of sp³-hybridized carbons (Fsp3) is 0.333. The SMILES string of the molecule is Cn1ccc(C(=O)N2Cc3cncn3CC(COc3ccccn3)C2)n1. The van der Waals surface area contributed by atoms with E-state index in [-0.39, 0.29) is 11.8 Å². The van der Waals surface area contributed by atoms with Crippen molar-refractivity contribution in [3.63, 3.8) is 0 Å². The molecule has 0 saturated heterocycles. The van der Waals surface area contributed by atoms with Crippen LogP contribution < -0.4 is 4.74 Å². The molecule has 1 atom stereocenters. The smallest absolute Gasteiger partial charge is 0.274 e. The molecule has 1 amide bonds. The highest BCUT2D eigenvalue weighted by Gasteiger charge is 2.27. The highest BCUT2D eigenvalue weighted by Crippen LogP contribution is 2.19. The standard InChI is InChI=1S/C18H20N6O2/c1-22-7-5-16(21-22)18(25)23-9-14(10-24-13-19-8-15(24)11-23)12-26-17-4-2-3-6-20-17/h2-8,13-14H,9-12H2,1H3. The summed E-state index contributed by atoms with van der Waals surface area (Å²) in [6.45, 7) is 2.31. The summed E-state index contributed by atoms with van der Waals surface area (Å²) in [6, 6.07) is 7.31. The van der Waals surface area contributed by atoms with Crippen LogP contribution in [0.3, 0.4) is 0 Å². The lowest BCUT2D eigenvalue weighted by molar-refractivity contribution is 0.0693. The molecule has 0 spiro atoms. The number of carbonyl (C=O) groups is 1. The molecule has 0 N–H and O–H groups in total. The molecule has 8 heteroatoms. The van der Waals surface area contributed by atoms with Crippen molar-refractivity contribution in [2.75, 3.05) is 13.2 Å². The fourth-order valence-corrected chi connectivity index (χ4v) is 3.14. The second kappa shape index (κ2) is 6.99. The molecule has 0 aliphatic carbocycles. The van der Waals surface area contributed by atoms with Crippen LogP contribution in [0.1, 0.15) is 16.2 Å². The van der Waals surface area contributed by atoms with Gasteiger partial charge in [-0.2, -0.15) is 5.10 Å². The predicted molar refractivity (Wildman–Crippen MR) is 93.4 cm³/mol. The van der Waals surface area contributed by atoms with Gasteiger partial charge in [-0.25, -0.2) is 9.97 Å². The van der Waals surface area contributed by atoms with Gasteiger partial charge in [0.1, 0.15) is 5.69 Å². The number of hydrogen-bond acceptors (Lipinski definition) is 5. The van der Waals surface area contributed by atoms with Gasteiger partial charge in [0.25, 0.3) is 5.91 Å². The van der Waals surface area contributed by atoms with E-state index in [1.165, 1.54) is 0 Å². The number of hydrogen-bond donors (Lipinski definition) is 0.